The quantitative estimate of drug-likeness (QED) is 0.484. The standard InChI is InChI=1S/C19H17BrN4O4/c20-12-5-7-13(8-6-12)22-16(25)11-28-17(26)9-10-21-19(27)18-14-3-1-2-4-15(14)23-24-18/h1-8H,9-11H2,(H,21,27)(H,22,25)(H,23,24). The van der Waals surface area contributed by atoms with Crippen molar-refractivity contribution in [2.24, 2.45) is 0 Å². The molecule has 0 bridgehead atoms. The fourth-order valence-electron chi connectivity index (χ4n) is 2.45. The molecule has 28 heavy (non-hydrogen) atoms. The first-order chi connectivity index (χ1) is 13.5. The molecule has 3 N–H and O–H groups in total. The molecule has 0 aliphatic carbocycles. The van der Waals surface area contributed by atoms with Gasteiger partial charge in [0.25, 0.3) is 11.8 Å². The van der Waals surface area contributed by atoms with Crippen molar-refractivity contribution >= 4 is 50.3 Å². The SMILES string of the molecule is O=C(COC(=O)CCNC(=O)c1n[nH]c2ccccc12)Nc1ccc(Br)cc1. The number of hydrogen-bond acceptors (Lipinski definition) is 5. The Kier molecular flexibility index (Phi) is 6.38. The van der Waals surface area contributed by atoms with E-state index in [1.165, 1.54) is 0 Å². The van der Waals surface area contributed by atoms with Crippen LogP contribution in [0.5, 0.6) is 0 Å². The topological polar surface area (TPSA) is 113 Å². The average molecular weight is 445 g/mol. The Bertz CT molecular complexity index is 1000. The number of amides is 2. The van der Waals surface area contributed by atoms with Crippen LogP contribution >= 0.6 is 15.9 Å². The summed E-state index contributed by atoms with van der Waals surface area (Å²) < 4.78 is 5.80. The summed E-state index contributed by atoms with van der Waals surface area (Å²) in [6.07, 6.45) is -0.0559. The highest BCUT2D eigenvalue weighted by Crippen LogP contribution is 2.15. The molecule has 0 saturated heterocycles. The van der Waals surface area contributed by atoms with E-state index < -0.39 is 24.4 Å². The van der Waals surface area contributed by atoms with E-state index in [0.29, 0.717) is 11.1 Å². The maximum Gasteiger partial charge on any atom is 0.308 e. The molecule has 0 atom stereocenters. The molecule has 0 aliphatic heterocycles. The number of carbonyl (C=O) groups excluding carboxylic acids is 3. The van der Waals surface area contributed by atoms with Crippen LogP contribution in [0.4, 0.5) is 5.69 Å². The summed E-state index contributed by atoms with van der Waals surface area (Å²) in [5, 5.41) is 12.7. The molecule has 8 nitrogen and oxygen atoms in total. The minimum absolute atomic E-state index is 0.0559. The summed E-state index contributed by atoms with van der Waals surface area (Å²) in [5.41, 5.74) is 1.62. The van der Waals surface area contributed by atoms with Crippen LogP contribution in [0.15, 0.2) is 53.0 Å². The number of rotatable bonds is 7. The van der Waals surface area contributed by atoms with Gasteiger partial charge >= 0.3 is 5.97 Å². The molecule has 3 aromatic rings. The number of hydrogen-bond donors (Lipinski definition) is 3. The number of esters is 1. The number of carbonyl (C=O) groups is 3. The van der Waals surface area contributed by atoms with Crippen molar-refractivity contribution in [2.75, 3.05) is 18.5 Å². The third-order valence-electron chi connectivity index (χ3n) is 3.79. The Morgan fingerprint density at radius 1 is 1.07 bits per heavy atom. The molecule has 0 fully saturated rings. The normalized spacial score (nSPS) is 10.5. The monoisotopic (exact) mass is 444 g/mol. The number of anilines is 1. The molecule has 0 saturated carbocycles. The van der Waals surface area contributed by atoms with E-state index in [1.54, 1.807) is 30.3 Å². The first-order valence-electron chi connectivity index (χ1n) is 8.45. The zero-order valence-electron chi connectivity index (χ0n) is 14.7. The Hall–Kier alpha value is -3.20. The van der Waals surface area contributed by atoms with Crippen LogP contribution in [0.2, 0.25) is 0 Å². The number of halogens is 1. The summed E-state index contributed by atoms with van der Waals surface area (Å²) in [7, 11) is 0. The molecule has 144 valence electrons. The molecule has 0 aliphatic rings. The number of nitrogens with zero attached hydrogens (tertiary/aromatic N) is 1. The highest BCUT2D eigenvalue weighted by molar-refractivity contribution is 9.10. The molecule has 1 heterocycles. The van der Waals surface area contributed by atoms with Gasteiger partial charge in [-0.1, -0.05) is 34.1 Å². The van der Waals surface area contributed by atoms with Crippen molar-refractivity contribution in [3.63, 3.8) is 0 Å². The predicted molar refractivity (Wildman–Crippen MR) is 107 cm³/mol. The second kappa shape index (κ2) is 9.14. The lowest BCUT2D eigenvalue weighted by atomic mass is 10.2. The van der Waals surface area contributed by atoms with Crippen molar-refractivity contribution in [2.45, 2.75) is 6.42 Å². The maximum absolute atomic E-state index is 12.2. The van der Waals surface area contributed by atoms with Gasteiger partial charge in [0.1, 0.15) is 0 Å². The van der Waals surface area contributed by atoms with Gasteiger partial charge in [0.05, 0.1) is 11.9 Å². The fraction of sp³-hybridized carbons (Fsp3) is 0.158. The number of nitrogens with one attached hydrogen (secondary N) is 3. The predicted octanol–water partition coefficient (Wildman–Crippen LogP) is 2.63. The summed E-state index contributed by atoms with van der Waals surface area (Å²) in [4.78, 5) is 35.7. The Balaban J connectivity index is 1.39. The lowest BCUT2D eigenvalue weighted by molar-refractivity contribution is -0.147. The summed E-state index contributed by atoms with van der Waals surface area (Å²) >= 11 is 3.30. The van der Waals surface area contributed by atoms with Crippen LogP contribution in [0.3, 0.4) is 0 Å². The van der Waals surface area contributed by atoms with Gasteiger partial charge in [-0.3, -0.25) is 19.5 Å². The molecular formula is C19H17BrN4O4. The van der Waals surface area contributed by atoms with E-state index in [2.05, 4.69) is 36.8 Å². The molecule has 9 heteroatoms. The van der Waals surface area contributed by atoms with Crippen molar-refractivity contribution in [1.29, 1.82) is 0 Å². The zero-order chi connectivity index (χ0) is 19.9. The number of H-pyrrole nitrogens is 1. The van der Waals surface area contributed by atoms with Gasteiger partial charge in [-0.15, -0.1) is 0 Å². The molecule has 1 aromatic heterocycles. The van der Waals surface area contributed by atoms with Crippen LogP contribution in [0.1, 0.15) is 16.9 Å². The Morgan fingerprint density at radius 3 is 2.61 bits per heavy atom. The number of para-hydroxylation sites is 1. The third kappa shape index (κ3) is 5.17. The molecule has 0 spiro atoms. The molecular weight excluding hydrogens is 428 g/mol. The average Bonchev–Trinajstić information content (AvgIpc) is 3.12. The van der Waals surface area contributed by atoms with E-state index in [4.69, 9.17) is 4.74 Å². The number of benzene rings is 2. The smallest absolute Gasteiger partial charge is 0.308 e. The van der Waals surface area contributed by atoms with Gasteiger partial charge in [-0.2, -0.15) is 5.10 Å². The van der Waals surface area contributed by atoms with E-state index in [0.717, 1.165) is 9.99 Å². The summed E-state index contributed by atoms with van der Waals surface area (Å²) in [6, 6.07) is 14.3. The lowest BCUT2D eigenvalue weighted by Crippen LogP contribution is -2.28. The van der Waals surface area contributed by atoms with Crippen molar-refractivity contribution < 1.29 is 19.1 Å². The molecule has 0 radical (unpaired) electrons. The van der Waals surface area contributed by atoms with Crippen molar-refractivity contribution in [3.05, 3.63) is 58.7 Å². The van der Waals surface area contributed by atoms with E-state index in [9.17, 15) is 14.4 Å². The van der Waals surface area contributed by atoms with Crippen molar-refractivity contribution in [3.8, 4) is 0 Å². The first-order valence-corrected chi connectivity index (χ1v) is 9.24. The minimum atomic E-state index is -0.585. The fourth-order valence-corrected chi connectivity index (χ4v) is 2.71. The molecule has 2 amide bonds. The Morgan fingerprint density at radius 2 is 1.82 bits per heavy atom. The highest BCUT2D eigenvalue weighted by Gasteiger charge is 2.14. The second-order valence-electron chi connectivity index (χ2n) is 5.84. The van der Waals surface area contributed by atoms with Crippen LogP contribution in [0, 0.1) is 0 Å². The minimum Gasteiger partial charge on any atom is -0.456 e. The van der Waals surface area contributed by atoms with Crippen LogP contribution in [0.25, 0.3) is 10.9 Å². The number of aromatic nitrogens is 2. The highest BCUT2D eigenvalue weighted by atomic mass is 79.9. The first kappa shape index (κ1) is 19.6. The van der Waals surface area contributed by atoms with Gasteiger partial charge in [0.2, 0.25) is 0 Å². The van der Waals surface area contributed by atoms with Crippen molar-refractivity contribution in [1.82, 2.24) is 15.5 Å². The van der Waals surface area contributed by atoms with Gasteiger partial charge in [-0.25, -0.2) is 0 Å². The lowest BCUT2D eigenvalue weighted by Gasteiger charge is -2.07. The van der Waals surface area contributed by atoms with Gasteiger partial charge in [0, 0.05) is 22.1 Å². The maximum atomic E-state index is 12.2. The second-order valence-corrected chi connectivity index (χ2v) is 6.76. The van der Waals surface area contributed by atoms with Crippen LogP contribution in [-0.4, -0.2) is 41.1 Å². The van der Waals surface area contributed by atoms with Crippen LogP contribution in [-0.2, 0) is 14.3 Å². The van der Waals surface area contributed by atoms with Gasteiger partial charge in [0.15, 0.2) is 12.3 Å². The number of fused-ring (bicyclic) bond motifs is 1. The van der Waals surface area contributed by atoms with Gasteiger partial charge < -0.3 is 15.4 Å². The number of ether oxygens (including phenoxy) is 1. The summed E-state index contributed by atoms with van der Waals surface area (Å²) in [5.74, 6) is -1.42. The van der Waals surface area contributed by atoms with E-state index in [-0.39, 0.29) is 18.7 Å². The molecule has 0 unspecified atom stereocenters. The van der Waals surface area contributed by atoms with E-state index >= 15 is 0 Å². The van der Waals surface area contributed by atoms with Gasteiger partial charge in [-0.05, 0) is 30.3 Å². The van der Waals surface area contributed by atoms with Crippen LogP contribution < -0.4 is 10.6 Å². The molecule has 2 aromatic carbocycles. The summed E-state index contributed by atoms with van der Waals surface area (Å²) in [6.45, 7) is -0.319. The van der Waals surface area contributed by atoms with E-state index in [1.807, 2.05) is 18.2 Å². The number of aromatic amines is 1. The zero-order valence-corrected chi connectivity index (χ0v) is 16.3. The largest absolute Gasteiger partial charge is 0.456 e. The molecule has 3 rings (SSSR count). The Labute approximate surface area is 168 Å². The third-order valence-corrected chi connectivity index (χ3v) is 4.32.